The number of ether oxygens (including phenoxy) is 1. The molecule has 1 atom stereocenters. The Balaban J connectivity index is 2.55. The van der Waals surface area contributed by atoms with E-state index in [9.17, 15) is 20.0 Å². The largest absolute Gasteiger partial charge is 0.497 e. The van der Waals surface area contributed by atoms with E-state index in [1.807, 2.05) is 13.0 Å². The lowest BCUT2D eigenvalue weighted by molar-refractivity contribution is 0.0987. The number of ketones is 1. The Kier molecular flexibility index (Phi) is 5.83. The van der Waals surface area contributed by atoms with Gasteiger partial charge in [-0.25, -0.2) is 0 Å². The summed E-state index contributed by atoms with van der Waals surface area (Å²) in [5, 5.41) is 20.0. The first kappa shape index (κ1) is 19.3. The van der Waals surface area contributed by atoms with Crippen molar-refractivity contribution in [2.45, 2.75) is 39.7 Å². The van der Waals surface area contributed by atoms with Crippen LogP contribution in [0.5, 0.6) is 11.6 Å². The molecule has 2 rings (SSSR count). The van der Waals surface area contributed by atoms with Crippen molar-refractivity contribution in [3.05, 3.63) is 56.9 Å². The molecule has 1 N–H and O–H groups in total. The van der Waals surface area contributed by atoms with E-state index in [4.69, 9.17) is 4.74 Å². The van der Waals surface area contributed by atoms with Crippen molar-refractivity contribution in [3.63, 3.8) is 0 Å². The SMILES string of the molecule is CCC(C)n1c(O)c(C(=O)Cc2ccc(OC)cc2)c(C)c(C#N)c1=O. The summed E-state index contributed by atoms with van der Waals surface area (Å²) in [5.74, 6) is -0.0459. The van der Waals surface area contributed by atoms with Gasteiger partial charge in [0.15, 0.2) is 5.78 Å². The summed E-state index contributed by atoms with van der Waals surface area (Å²) in [4.78, 5) is 25.3. The molecule has 0 saturated heterocycles. The van der Waals surface area contributed by atoms with Crippen LogP contribution in [0.3, 0.4) is 0 Å². The topological polar surface area (TPSA) is 92.3 Å². The molecule has 0 saturated carbocycles. The summed E-state index contributed by atoms with van der Waals surface area (Å²) in [5.41, 5.74) is 0.304. The fraction of sp³-hybridized carbons (Fsp3) is 0.350. The van der Waals surface area contributed by atoms with Gasteiger partial charge in [-0.15, -0.1) is 0 Å². The van der Waals surface area contributed by atoms with Gasteiger partial charge in [0.05, 0.1) is 12.7 Å². The minimum Gasteiger partial charge on any atom is -0.497 e. The molecule has 1 heterocycles. The van der Waals surface area contributed by atoms with Gasteiger partial charge in [-0.2, -0.15) is 5.26 Å². The number of nitriles is 1. The highest BCUT2D eigenvalue weighted by molar-refractivity contribution is 6.01. The molecule has 0 amide bonds. The number of hydrogen-bond acceptors (Lipinski definition) is 5. The molecular formula is C20H22N2O4. The fourth-order valence-electron chi connectivity index (χ4n) is 2.86. The van der Waals surface area contributed by atoms with Crippen molar-refractivity contribution >= 4 is 5.78 Å². The van der Waals surface area contributed by atoms with E-state index in [1.165, 1.54) is 6.92 Å². The van der Waals surface area contributed by atoms with Crippen LogP contribution in [0.15, 0.2) is 29.1 Å². The molecule has 6 heteroatoms. The van der Waals surface area contributed by atoms with Gasteiger partial charge in [-0.05, 0) is 43.5 Å². The monoisotopic (exact) mass is 354 g/mol. The number of pyridine rings is 1. The average Bonchev–Trinajstić information content (AvgIpc) is 2.62. The number of benzene rings is 1. The summed E-state index contributed by atoms with van der Waals surface area (Å²) >= 11 is 0. The minimum absolute atomic E-state index is 0.0252. The molecule has 2 aromatic rings. The van der Waals surface area contributed by atoms with Crippen LogP contribution >= 0.6 is 0 Å². The van der Waals surface area contributed by atoms with Crippen LogP contribution in [-0.4, -0.2) is 22.6 Å². The normalized spacial score (nSPS) is 11.7. The lowest BCUT2D eigenvalue weighted by atomic mass is 9.97. The Hall–Kier alpha value is -3.07. The fourth-order valence-corrected chi connectivity index (χ4v) is 2.86. The molecule has 1 aromatic carbocycles. The predicted octanol–water partition coefficient (Wildman–Crippen LogP) is 3.14. The molecule has 6 nitrogen and oxygen atoms in total. The smallest absolute Gasteiger partial charge is 0.271 e. The molecular weight excluding hydrogens is 332 g/mol. The third-order valence-corrected chi connectivity index (χ3v) is 4.58. The second kappa shape index (κ2) is 7.87. The minimum atomic E-state index is -0.571. The summed E-state index contributed by atoms with van der Waals surface area (Å²) in [7, 11) is 1.56. The van der Waals surface area contributed by atoms with Crippen LogP contribution in [0, 0.1) is 18.3 Å². The van der Waals surface area contributed by atoms with Gasteiger partial charge in [0, 0.05) is 12.5 Å². The first-order valence-electron chi connectivity index (χ1n) is 8.39. The predicted molar refractivity (Wildman–Crippen MR) is 97.8 cm³/mol. The Morgan fingerprint density at radius 2 is 1.96 bits per heavy atom. The number of hydrogen-bond donors (Lipinski definition) is 1. The molecule has 0 aliphatic rings. The van der Waals surface area contributed by atoms with Crippen molar-refractivity contribution in [1.82, 2.24) is 4.57 Å². The molecule has 0 spiro atoms. The standard InChI is InChI=1S/C20H22N2O4/c1-5-12(2)22-19(24)16(11-21)13(3)18(20(22)25)17(23)10-14-6-8-15(26-4)9-7-14/h6-9,12,25H,5,10H2,1-4H3. The molecule has 1 unspecified atom stereocenters. The molecule has 0 radical (unpaired) electrons. The van der Waals surface area contributed by atoms with E-state index < -0.39 is 5.56 Å². The highest BCUT2D eigenvalue weighted by Gasteiger charge is 2.25. The molecule has 0 bridgehead atoms. The van der Waals surface area contributed by atoms with Crippen LogP contribution in [-0.2, 0) is 6.42 Å². The second-order valence-corrected chi connectivity index (χ2v) is 6.19. The van der Waals surface area contributed by atoms with Crippen molar-refractivity contribution in [1.29, 1.82) is 5.26 Å². The lowest BCUT2D eigenvalue weighted by Crippen LogP contribution is -2.29. The maximum absolute atomic E-state index is 12.8. The van der Waals surface area contributed by atoms with Crippen molar-refractivity contribution < 1.29 is 14.6 Å². The zero-order valence-corrected chi connectivity index (χ0v) is 15.4. The Labute approximate surface area is 152 Å². The number of carbonyl (C=O) groups excluding carboxylic acids is 1. The van der Waals surface area contributed by atoms with E-state index >= 15 is 0 Å². The van der Waals surface area contributed by atoms with Gasteiger partial charge in [0.1, 0.15) is 17.4 Å². The molecule has 0 fully saturated rings. The summed E-state index contributed by atoms with van der Waals surface area (Å²) in [6.07, 6.45) is 0.621. The first-order chi connectivity index (χ1) is 12.3. The van der Waals surface area contributed by atoms with Crippen molar-refractivity contribution in [2.75, 3.05) is 7.11 Å². The van der Waals surface area contributed by atoms with Gasteiger partial charge < -0.3 is 9.84 Å². The molecule has 0 aliphatic heterocycles. The second-order valence-electron chi connectivity index (χ2n) is 6.19. The Morgan fingerprint density at radius 3 is 2.46 bits per heavy atom. The van der Waals surface area contributed by atoms with Crippen LogP contribution in [0.1, 0.15) is 53.4 Å². The first-order valence-corrected chi connectivity index (χ1v) is 8.39. The quantitative estimate of drug-likeness (QED) is 0.805. The zero-order chi connectivity index (χ0) is 19.4. The van der Waals surface area contributed by atoms with Crippen LogP contribution in [0.4, 0.5) is 0 Å². The number of rotatable bonds is 6. The highest BCUT2D eigenvalue weighted by Crippen LogP contribution is 2.27. The van der Waals surface area contributed by atoms with E-state index in [0.29, 0.717) is 12.2 Å². The number of carbonyl (C=O) groups is 1. The molecule has 136 valence electrons. The van der Waals surface area contributed by atoms with E-state index in [-0.39, 0.29) is 40.8 Å². The van der Waals surface area contributed by atoms with Gasteiger partial charge in [0.25, 0.3) is 5.56 Å². The Morgan fingerprint density at radius 1 is 1.35 bits per heavy atom. The summed E-state index contributed by atoms with van der Waals surface area (Å²) in [6.45, 7) is 5.14. The Bertz CT molecular complexity index is 921. The van der Waals surface area contributed by atoms with E-state index in [1.54, 1.807) is 38.3 Å². The summed E-state index contributed by atoms with van der Waals surface area (Å²) < 4.78 is 6.23. The van der Waals surface area contributed by atoms with Gasteiger partial charge in [0.2, 0.25) is 5.88 Å². The van der Waals surface area contributed by atoms with Crippen LogP contribution in [0.25, 0.3) is 0 Å². The lowest BCUT2D eigenvalue weighted by Gasteiger charge is -2.19. The third kappa shape index (κ3) is 3.47. The van der Waals surface area contributed by atoms with E-state index in [0.717, 1.165) is 10.1 Å². The van der Waals surface area contributed by atoms with Crippen molar-refractivity contribution in [3.8, 4) is 17.7 Å². The average molecular weight is 354 g/mol. The van der Waals surface area contributed by atoms with Gasteiger partial charge >= 0.3 is 0 Å². The molecule has 1 aromatic heterocycles. The number of aromatic hydroxyl groups is 1. The van der Waals surface area contributed by atoms with Crippen LogP contribution in [0.2, 0.25) is 0 Å². The molecule has 0 aliphatic carbocycles. The molecule has 26 heavy (non-hydrogen) atoms. The van der Waals surface area contributed by atoms with Crippen LogP contribution < -0.4 is 10.3 Å². The maximum atomic E-state index is 12.8. The van der Waals surface area contributed by atoms with Gasteiger partial charge in [-0.3, -0.25) is 14.2 Å². The summed E-state index contributed by atoms with van der Waals surface area (Å²) in [6, 6.07) is 8.56. The maximum Gasteiger partial charge on any atom is 0.271 e. The number of Topliss-reactive ketones (excluding diaryl/α,β-unsaturated/α-hetero) is 1. The number of aromatic nitrogens is 1. The third-order valence-electron chi connectivity index (χ3n) is 4.58. The highest BCUT2D eigenvalue weighted by atomic mass is 16.5. The van der Waals surface area contributed by atoms with E-state index in [2.05, 4.69) is 0 Å². The zero-order valence-electron chi connectivity index (χ0n) is 15.4. The number of nitrogens with zero attached hydrogens (tertiary/aromatic N) is 2. The van der Waals surface area contributed by atoms with Crippen molar-refractivity contribution in [2.24, 2.45) is 0 Å². The van der Waals surface area contributed by atoms with Gasteiger partial charge in [-0.1, -0.05) is 19.1 Å². The number of methoxy groups -OCH3 is 1.